The quantitative estimate of drug-likeness (QED) is 0.160. The average Bonchev–Trinajstić information content (AvgIpc) is 3.24. The number of hydrogen-bond donors (Lipinski definition) is 1. The summed E-state index contributed by atoms with van der Waals surface area (Å²) in [6, 6.07) is 5.62. The number of aliphatic imine (C=N–C) groups is 1. The molecule has 2 heterocycles. The number of nitro benzene ring substituents is 1. The Hall–Kier alpha value is -4.40. The zero-order valence-corrected chi connectivity index (χ0v) is 16.5. The minimum atomic E-state index is -0.550. The number of fused-ring (bicyclic) bond motifs is 2. The molecule has 0 spiro atoms. The molecular formula is C22H17N3O6. The van der Waals surface area contributed by atoms with Crippen molar-refractivity contribution in [2.75, 3.05) is 12.8 Å². The standard InChI is InChI=1S/C22H17N3O6/c1-3-4-14-20-15(7-8-30-20)21(29-2)18-19(26)12(11-31-22(14)18)10-24-17-6-5-13(25(27)28)9-16(17)23/h3,5-11H,1,4,23H2,2H3. The number of nitrogens with two attached hydrogens (primary N) is 1. The predicted molar refractivity (Wildman–Crippen MR) is 117 cm³/mol. The predicted octanol–water partition coefficient (Wildman–Crippen LogP) is 4.52. The Balaban J connectivity index is 1.89. The zero-order chi connectivity index (χ0) is 22.1. The van der Waals surface area contributed by atoms with Crippen molar-refractivity contribution in [3.8, 4) is 5.75 Å². The fourth-order valence-electron chi connectivity index (χ4n) is 3.41. The van der Waals surface area contributed by atoms with Crippen LogP contribution in [0.25, 0.3) is 21.9 Å². The smallest absolute Gasteiger partial charge is 0.271 e. The van der Waals surface area contributed by atoms with Gasteiger partial charge in [0.25, 0.3) is 5.69 Å². The second kappa shape index (κ2) is 7.79. The lowest BCUT2D eigenvalue weighted by Crippen LogP contribution is -2.10. The van der Waals surface area contributed by atoms with Crippen molar-refractivity contribution in [3.63, 3.8) is 0 Å². The molecule has 156 valence electrons. The third-order valence-electron chi connectivity index (χ3n) is 4.82. The Labute approximate surface area is 175 Å². The van der Waals surface area contributed by atoms with Crippen molar-refractivity contribution < 1.29 is 18.5 Å². The van der Waals surface area contributed by atoms with Gasteiger partial charge in [-0.1, -0.05) is 6.08 Å². The van der Waals surface area contributed by atoms with E-state index < -0.39 is 4.92 Å². The SMILES string of the molecule is C=CCc1c2occc2c(OC)c2c(=O)c(C=Nc3ccc([N+](=O)[O-])cc3N)coc12. The molecular weight excluding hydrogens is 402 g/mol. The van der Waals surface area contributed by atoms with E-state index in [0.717, 1.165) is 0 Å². The van der Waals surface area contributed by atoms with Crippen LogP contribution in [-0.2, 0) is 6.42 Å². The Morgan fingerprint density at radius 2 is 2.10 bits per heavy atom. The number of allylic oxidation sites excluding steroid dienone is 1. The topological polar surface area (TPSA) is 134 Å². The zero-order valence-electron chi connectivity index (χ0n) is 16.5. The van der Waals surface area contributed by atoms with Crippen LogP contribution in [-0.4, -0.2) is 18.2 Å². The first-order chi connectivity index (χ1) is 15.0. The number of nitrogens with zero attached hydrogens (tertiary/aromatic N) is 2. The number of rotatable bonds is 6. The third-order valence-corrected chi connectivity index (χ3v) is 4.82. The molecule has 9 nitrogen and oxygen atoms in total. The number of methoxy groups -OCH3 is 1. The third kappa shape index (κ3) is 3.31. The monoisotopic (exact) mass is 419 g/mol. The van der Waals surface area contributed by atoms with Crippen molar-refractivity contribution in [1.29, 1.82) is 0 Å². The van der Waals surface area contributed by atoms with Crippen LogP contribution in [0.15, 0.2) is 68.1 Å². The van der Waals surface area contributed by atoms with Crippen molar-refractivity contribution in [2.24, 2.45) is 4.99 Å². The van der Waals surface area contributed by atoms with Gasteiger partial charge in [0.2, 0.25) is 5.43 Å². The summed E-state index contributed by atoms with van der Waals surface area (Å²) < 4.78 is 16.9. The summed E-state index contributed by atoms with van der Waals surface area (Å²) in [5, 5.41) is 11.8. The van der Waals surface area contributed by atoms with Gasteiger partial charge in [-0.15, -0.1) is 6.58 Å². The second-order valence-corrected chi connectivity index (χ2v) is 6.65. The molecule has 0 saturated carbocycles. The van der Waals surface area contributed by atoms with Crippen LogP contribution in [0.3, 0.4) is 0 Å². The van der Waals surface area contributed by atoms with Crippen molar-refractivity contribution >= 4 is 45.2 Å². The lowest BCUT2D eigenvalue weighted by molar-refractivity contribution is -0.384. The molecule has 0 unspecified atom stereocenters. The molecule has 2 N–H and O–H groups in total. The van der Waals surface area contributed by atoms with Crippen molar-refractivity contribution in [1.82, 2.24) is 0 Å². The van der Waals surface area contributed by atoms with Crippen molar-refractivity contribution in [3.05, 3.63) is 80.9 Å². The molecule has 9 heteroatoms. The minimum absolute atomic E-state index is 0.113. The van der Waals surface area contributed by atoms with Gasteiger partial charge in [0.15, 0.2) is 0 Å². The molecule has 0 aliphatic rings. The number of furan rings is 1. The van der Waals surface area contributed by atoms with Crippen molar-refractivity contribution in [2.45, 2.75) is 6.42 Å². The normalized spacial score (nSPS) is 11.4. The summed E-state index contributed by atoms with van der Waals surface area (Å²) in [4.78, 5) is 27.8. The maximum absolute atomic E-state index is 13.3. The molecule has 0 amide bonds. The molecule has 2 aromatic carbocycles. The van der Waals surface area contributed by atoms with Crippen LogP contribution in [0.5, 0.6) is 5.75 Å². The first kappa shape index (κ1) is 19.9. The molecule has 31 heavy (non-hydrogen) atoms. The number of nitro groups is 1. The molecule has 0 fully saturated rings. The highest BCUT2D eigenvalue weighted by atomic mass is 16.6. The number of ether oxygens (including phenoxy) is 1. The molecule has 0 aliphatic heterocycles. The Morgan fingerprint density at radius 3 is 2.77 bits per heavy atom. The van der Waals surface area contributed by atoms with Crippen LogP contribution in [0.2, 0.25) is 0 Å². The van der Waals surface area contributed by atoms with Crippen LogP contribution >= 0.6 is 0 Å². The van der Waals surface area contributed by atoms with E-state index in [1.165, 1.54) is 44.0 Å². The highest BCUT2D eigenvalue weighted by molar-refractivity contribution is 6.05. The maximum Gasteiger partial charge on any atom is 0.271 e. The molecule has 0 bridgehead atoms. The lowest BCUT2D eigenvalue weighted by atomic mass is 10.0. The van der Waals surface area contributed by atoms with E-state index in [1.807, 2.05) is 0 Å². The molecule has 0 radical (unpaired) electrons. The van der Waals surface area contributed by atoms with Gasteiger partial charge in [-0.05, 0) is 18.6 Å². The molecule has 0 aliphatic carbocycles. The summed E-state index contributed by atoms with van der Waals surface area (Å²) in [7, 11) is 1.46. The highest BCUT2D eigenvalue weighted by Crippen LogP contribution is 2.38. The molecule has 4 aromatic rings. The van der Waals surface area contributed by atoms with Gasteiger partial charge in [-0.2, -0.15) is 0 Å². The van der Waals surface area contributed by atoms with Gasteiger partial charge in [0.1, 0.15) is 28.6 Å². The van der Waals surface area contributed by atoms with Crippen LogP contribution in [0.4, 0.5) is 17.1 Å². The van der Waals surface area contributed by atoms with Crippen LogP contribution in [0.1, 0.15) is 11.1 Å². The fourth-order valence-corrected chi connectivity index (χ4v) is 3.41. The van der Waals surface area contributed by atoms with Gasteiger partial charge in [0, 0.05) is 23.9 Å². The maximum atomic E-state index is 13.3. The van der Waals surface area contributed by atoms with Gasteiger partial charge in [0.05, 0.1) is 40.6 Å². The molecule has 0 saturated heterocycles. The summed E-state index contributed by atoms with van der Waals surface area (Å²) in [5.74, 6) is 0.338. The van der Waals surface area contributed by atoms with E-state index in [-0.39, 0.29) is 33.4 Å². The summed E-state index contributed by atoms with van der Waals surface area (Å²) >= 11 is 0. The van der Waals surface area contributed by atoms with Crippen LogP contribution < -0.4 is 15.9 Å². The largest absolute Gasteiger partial charge is 0.495 e. The fraction of sp³-hybridized carbons (Fsp3) is 0.0909. The molecule has 4 rings (SSSR count). The highest BCUT2D eigenvalue weighted by Gasteiger charge is 2.21. The minimum Gasteiger partial charge on any atom is -0.495 e. The Bertz CT molecular complexity index is 1430. The number of nitrogen functional groups attached to an aromatic ring is 1. The van der Waals surface area contributed by atoms with E-state index in [9.17, 15) is 14.9 Å². The van der Waals surface area contributed by atoms with E-state index in [2.05, 4.69) is 11.6 Å². The number of anilines is 1. The molecule has 0 atom stereocenters. The number of non-ortho nitro benzene ring substituents is 1. The van der Waals surface area contributed by atoms with E-state index in [1.54, 1.807) is 12.1 Å². The number of benzene rings is 2. The lowest BCUT2D eigenvalue weighted by Gasteiger charge is -2.10. The Morgan fingerprint density at radius 1 is 1.29 bits per heavy atom. The molecule has 2 aromatic heterocycles. The van der Waals surface area contributed by atoms with E-state index in [0.29, 0.717) is 34.3 Å². The van der Waals surface area contributed by atoms with Gasteiger partial charge in [-0.3, -0.25) is 19.9 Å². The first-order valence-corrected chi connectivity index (χ1v) is 9.16. The van der Waals surface area contributed by atoms with Gasteiger partial charge in [-0.25, -0.2) is 0 Å². The van der Waals surface area contributed by atoms with E-state index >= 15 is 0 Å². The number of hydrogen-bond acceptors (Lipinski definition) is 8. The Kier molecular flexibility index (Phi) is 5.00. The van der Waals surface area contributed by atoms with Crippen LogP contribution in [0, 0.1) is 10.1 Å². The summed E-state index contributed by atoms with van der Waals surface area (Å²) in [6.07, 6.45) is 6.23. The van der Waals surface area contributed by atoms with E-state index in [4.69, 9.17) is 19.3 Å². The summed E-state index contributed by atoms with van der Waals surface area (Å²) in [5.41, 5.74) is 7.50. The summed E-state index contributed by atoms with van der Waals surface area (Å²) in [6.45, 7) is 3.76. The first-order valence-electron chi connectivity index (χ1n) is 9.16. The second-order valence-electron chi connectivity index (χ2n) is 6.65. The van der Waals surface area contributed by atoms with Gasteiger partial charge >= 0.3 is 0 Å². The average molecular weight is 419 g/mol. The van der Waals surface area contributed by atoms with Gasteiger partial charge < -0.3 is 19.3 Å².